The summed E-state index contributed by atoms with van der Waals surface area (Å²) in [6, 6.07) is 17.7. The third-order valence-corrected chi connectivity index (χ3v) is 3.24. The number of benzene rings is 2. The van der Waals surface area contributed by atoms with E-state index in [1.54, 1.807) is 22.9 Å². The van der Waals surface area contributed by atoms with Crippen molar-refractivity contribution < 1.29 is 4.39 Å². The van der Waals surface area contributed by atoms with Crippen LogP contribution >= 0.6 is 0 Å². The van der Waals surface area contributed by atoms with Crippen molar-refractivity contribution in [2.24, 2.45) is 0 Å². The van der Waals surface area contributed by atoms with Crippen molar-refractivity contribution in [1.29, 1.82) is 5.26 Å². The van der Waals surface area contributed by atoms with Gasteiger partial charge in [-0.1, -0.05) is 17.7 Å². The molecule has 0 unspecified atom stereocenters. The highest BCUT2D eigenvalue weighted by molar-refractivity contribution is 5.63. The molecule has 0 aliphatic rings. The van der Waals surface area contributed by atoms with Crippen molar-refractivity contribution in [3.05, 3.63) is 71.7 Å². The van der Waals surface area contributed by atoms with E-state index in [1.807, 2.05) is 37.3 Å². The molecule has 0 aliphatic carbocycles. The highest BCUT2D eigenvalue weighted by atomic mass is 19.1. The van der Waals surface area contributed by atoms with Crippen molar-refractivity contribution in [3.63, 3.8) is 0 Å². The SMILES string of the molecule is Cc1ccc(-n2nc(C#N)cc2-c2ccc(F)cc2)cc1. The molecule has 3 rings (SSSR count). The number of rotatable bonds is 2. The van der Waals surface area contributed by atoms with Crippen molar-refractivity contribution >= 4 is 0 Å². The number of aryl methyl sites for hydroxylation is 1. The Kier molecular flexibility index (Phi) is 3.25. The summed E-state index contributed by atoms with van der Waals surface area (Å²) in [6.45, 7) is 2.01. The zero-order chi connectivity index (χ0) is 14.8. The fourth-order valence-electron chi connectivity index (χ4n) is 2.14. The molecule has 1 heterocycles. The smallest absolute Gasteiger partial charge is 0.163 e. The number of halogens is 1. The first-order valence-corrected chi connectivity index (χ1v) is 6.50. The molecule has 0 amide bonds. The summed E-state index contributed by atoms with van der Waals surface area (Å²) in [5.74, 6) is -0.291. The molecule has 0 aliphatic heterocycles. The van der Waals surface area contributed by atoms with Crippen molar-refractivity contribution in [2.75, 3.05) is 0 Å². The van der Waals surface area contributed by atoms with Crippen LogP contribution in [0.15, 0.2) is 54.6 Å². The molecule has 21 heavy (non-hydrogen) atoms. The standard InChI is InChI=1S/C17H12FN3/c1-12-2-8-16(9-3-12)21-17(10-15(11-19)20-21)13-4-6-14(18)7-5-13/h2-10H,1H3. The van der Waals surface area contributed by atoms with E-state index in [-0.39, 0.29) is 5.82 Å². The Morgan fingerprint density at radius 1 is 1.05 bits per heavy atom. The van der Waals surface area contributed by atoms with Gasteiger partial charge in [-0.15, -0.1) is 0 Å². The number of nitrogens with zero attached hydrogens (tertiary/aromatic N) is 3. The Morgan fingerprint density at radius 3 is 2.33 bits per heavy atom. The van der Waals surface area contributed by atoms with Crippen LogP contribution in [0.2, 0.25) is 0 Å². The van der Waals surface area contributed by atoms with E-state index in [0.29, 0.717) is 5.69 Å². The van der Waals surface area contributed by atoms with Gasteiger partial charge in [-0.05, 0) is 43.3 Å². The van der Waals surface area contributed by atoms with E-state index in [0.717, 1.165) is 22.5 Å². The summed E-state index contributed by atoms with van der Waals surface area (Å²) in [7, 11) is 0. The maximum absolute atomic E-state index is 13.1. The summed E-state index contributed by atoms with van der Waals surface area (Å²) in [6.07, 6.45) is 0. The molecule has 2 aromatic carbocycles. The topological polar surface area (TPSA) is 41.6 Å². The second-order valence-corrected chi connectivity index (χ2v) is 4.78. The normalized spacial score (nSPS) is 10.3. The van der Waals surface area contributed by atoms with Gasteiger partial charge in [0.1, 0.15) is 11.9 Å². The Balaban J connectivity index is 2.16. The molecule has 102 valence electrons. The van der Waals surface area contributed by atoms with Crippen molar-refractivity contribution in [1.82, 2.24) is 9.78 Å². The number of nitriles is 1. The van der Waals surface area contributed by atoms with Gasteiger partial charge >= 0.3 is 0 Å². The van der Waals surface area contributed by atoms with E-state index < -0.39 is 0 Å². The van der Waals surface area contributed by atoms with E-state index in [9.17, 15) is 4.39 Å². The van der Waals surface area contributed by atoms with E-state index in [1.165, 1.54) is 12.1 Å². The zero-order valence-corrected chi connectivity index (χ0v) is 11.4. The van der Waals surface area contributed by atoms with Crippen molar-refractivity contribution in [3.8, 4) is 23.0 Å². The molecule has 0 spiro atoms. The molecule has 0 radical (unpaired) electrons. The first kappa shape index (κ1) is 13.1. The summed E-state index contributed by atoms with van der Waals surface area (Å²) < 4.78 is 14.8. The van der Waals surface area contributed by atoms with Gasteiger partial charge in [0.2, 0.25) is 0 Å². The van der Waals surface area contributed by atoms with Crippen LogP contribution < -0.4 is 0 Å². The predicted molar refractivity (Wildman–Crippen MR) is 78.4 cm³/mol. The van der Waals surface area contributed by atoms with Gasteiger partial charge in [-0.25, -0.2) is 9.07 Å². The molecule has 3 nitrogen and oxygen atoms in total. The van der Waals surface area contributed by atoms with Gasteiger partial charge in [-0.3, -0.25) is 0 Å². The number of hydrogen-bond donors (Lipinski definition) is 0. The molecular formula is C17H12FN3. The fraction of sp³-hybridized carbons (Fsp3) is 0.0588. The van der Waals surface area contributed by atoms with Crippen LogP contribution in [0, 0.1) is 24.1 Å². The third kappa shape index (κ3) is 2.54. The van der Waals surface area contributed by atoms with Crippen LogP contribution in [0.3, 0.4) is 0 Å². The van der Waals surface area contributed by atoms with Gasteiger partial charge < -0.3 is 0 Å². The maximum atomic E-state index is 13.1. The zero-order valence-electron chi connectivity index (χ0n) is 11.4. The average molecular weight is 277 g/mol. The van der Waals surface area contributed by atoms with Gasteiger partial charge in [-0.2, -0.15) is 10.4 Å². The molecule has 0 atom stereocenters. The van der Waals surface area contributed by atoms with Gasteiger partial charge in [0, 0.05) is 11.6 Å². The number of aromatic nitrogens is 2. The minimum absolute atomic E-state index is 0.291. The minimum Gasteiger partial charge on any atom is -0.232 e. The van der Waals surface area contributed by atoms with Gasteiger partial charge in [0.05, 0.1) is 11.4 Å². The molecule has 0 saturated carbocycles. The average Bonchev–Trinajstić information content (AvgIpc) is 2.93. The molecule has 1 aromatic heterocycles. The second kappa shape index (κ2) is 5.22. The Morgan fingerprint density at radius 2 is 1.71 bits per heavy atom. The molecule has 0 fully saturated rings. The van der Waals surface area contributed by atoms with Crippen LogP contribution in [-0.4, -0.2) is 9.78 Å². The highest BCUT2D eigenvalue weighted by Gasteiger charge is 2.11. The number of hydrogen-bond acceptors (Lipinski definition) is 2. The minimum atomic E-state index is -0.291. The van der Waals surface area contributed by atoms with Crippen LogP contribution in [-0.2, 0) is 0 Å². The van der Waals surface area contributed by atoms with Gasteiger partial charge in [0.15, 0.2) is 5.69 Å². The van der Waals surface area contributed by atoms with Crippen LogP contribution in [0.25, 0.3) is 16.9 Å². The molecule has 0 saturated heterocycles. The lowest BCUT2D eigenvalue weighted by Crippen LogP contribution is -1.99. The molecule has 0 bridgehead atoms. The maximum Gasteiger partial charge on any atom is 0.163 e. The van der Waals surface area contributed by atoms with Crippen LogP contribution in [0.1, 0.15) is 11.3 Å². The van der Waals surface area contributed by atoms with Crippen LogP contribution in [0.5, 0.6) is 0 Å². The van der Waals surface area contributed by atoms with Crippen LogP contribution in [0.4, 0.5) is 4.39 Å². The predicted octanol–water partition coefficient (Wildman–Crippen LogP) is 3.86. The monoisotopic (exact) mass is 277 g/mol. The lowest BCUT2D eigenvalue weighted by atomic mass is 10.1. The van der Waals surface area contributed by atoms with E-state index in [2.05, 4.69) is 5.10 Å². The molecular weight excluding hydrogens is 265 g/mol. The Hall–Kier alpha value is -2.93. The van der Waals surface area contributed by atoms with E-state index in [4.69, 9.17) is 5.26 Å². The summed E-state index contributed by atoms with van der Waals surface area (Å²) in [5, 5.41) is 13.4. The first-order chi connectivity index (χ1) is 10.2. The molecule has 0 N–H and O–H groups in total. The highest BCUT2D eigenvalue weighted by Crippen LogP contribution is 2.24. The van der Waals surface area contributed by atoms with Crippen molar-refractivity contribution in [2.45, 2.75) is 6.92 Å². The summed E-state index contributed by atoms with van der Waals surface area (Å²) in [4.78, 5) is 0. The summed E-state index contributed by atoms with van der Waals surface area (Å²) in [5.41, 5.74) is 3.91. The first-order valence-electron chi connectivity index (χ1n) is 6.50. The second-order valence-electron chi connectivity index (χ2n) is 4.78. The fourth-order valence-corrected chi connectivity index (χ4v) is 2.14. The third-order valence-electron chi connectivity index (χ3n) is 3.24. The Labute approximate surface area is 121 Å². The largest absolute Gasteiger partial charge is 0.232 e. The quantitative estimate of drug-likeness (QED) is 0.713. The molecule has 3 aromatic rings. The summed E-state index contributed by atoms with van der Waals surface area (Å²) >= 11 is 0. The lowest BCUT2D eigenvalue weighted by Gasteiger charge is -2.07. The lowest BCUT2D eigenvalue weighted by molar-refractivity contribution is 0.628. The van der Waals surface area contributed by atoms with E-state index >= 15 is 0 Å². The Bertz CT molecular complexity index is 746. The molecule has 4 heteroatoms. The van der Waals surface area contributed by atoms with Gasteiger partial charge in [0.25, 0.3) is 0 Å².